The van der Waals surface area contributed by atoms with E-state index in [0.29, 0.717) is 5.56 Å². The molecule has 26 heavy (non-hydrogen) atoms. The van der Waals surface area contributed by atoms with E-state index in [9.17, 15) is 14.0 Å². The molecule has 3 amide bonds. The molecule has 0 heterocycles. The van der Waals surface area contributed by atoms with Gasteiger partial charge in [0.05, 0.1) is 25.6 Å². The molecule has 0 aliphatic carbocycles. The lowest BCUT2D eigenvalue weighted by Crippen LogP contribution is -2.37. The summed E-state index contributed by atoms with van der Waals surface area (Å²) in [7, 11) is 1.39. The van der Waals surface area contributed by atoms with E-state index in [4.69, 9.17) is 10.5 Å². The highest BCUT2D eigenvalue weighted by molar-refractivity contribution is 5.79. The molecule has 138 valence electrons. The van der Waals surface area contributed by atoms with Gasteiger partial charge in [0.15, 0.2) is 11.6 Å². The lowest BCUT2D eigenvalue weighted by Gasteiger charge is -2.20. The minimum absolute atomic E-state index is 0.00985. The van der Waals surface area contributed by atoms with Gasteiger partial charge in [-0.25, -0.2) is 9.18 Å². The lowest BCUT2D eigenvalue weighted by atomic mass is 10.0. The normalized spacial score (nSPS) is 12.7. The average molecular weight is 359 g/mol. The molecule has 2 atom stereocenters. The van der Waals surface area contributed by atoms with Gasteiger partial charge in [-0.2, -0.15) is 0 Å². The van der Waals surface area contributed by atoms with Crippen LogP contribution in [0.2, 0.25) is 0 Å². The van der Waals surface area contributed by atoms with Crippen LogP contribution in [0, 0.1) is 5.82 Å². The van der Waals surface area contributed by atoms with E-state index in [1.54, 1.807) is 25.1 Å². The summed E-state index contributed by atoms with van der Waals surface area (Å²) in [4.78, 5) is 23.6. The second-order valence-corrected chi connectivity index (χ2v) is 5.86. The van der Waals surface area contributed by atoms with E-state index in [1.807, 2.05) is 18.2 Å². The number of nitrogens with two attached hydrogens (primary N) is 1. The van der Waals surface area contributed by atoms with E-state index in [0.717, 1.165) is 5.56 Å². The summed E-state index contributed by atoms with van der Waals surface area (Å²) in [6.07, 6.45) is 0.00985. The number of urea groups is 1. The number of methoxy groups -OCH3 is 1. The molecule has 2 aromatic carbocycles. The number of halogens is 1. The molecule has 0 saturated heterocycles. The monoisotopic (exact) mass is 359 g/mol. The maximum Gasteiger partial charge on any atom is 0.312 e. The third-order valence-electron chi connectivity index (χ3n) is 3.96. The van der Waals surface area contributed by atoms with Crippen LogP contribution in [-0.4, -0.2) is 19.0 Å². The summed E-state index contributed by atoms with van der Waals surface area (Å²) in [5, 5.41) is 5.36. The molecule has 0 bridgehead atoms. The van der Waals surface area contributed by atoms with Crippen LogP contribution in [0.5, 0.6) is 5.75 Å². The number of hydrogen-bond donors (Lipinski definition) is 3. The Morgan fingerprint density at radius 3 is 2.38 bits per heavy atom. The van der Waals surface area contributed by atoms with Crippen LogP contribution in [0.1, 0.15) is 36.6 Å². The number of primary amides is 1. The second kappa shape index (κ2) is 8.84. The van der Waals surface area contributed by atoms with Crippen molar-refractivity contribution in [2.24, 2.45) is 5.73 Å². The van der Waals surface area contributed by atoms with Crippen molar-refractivity contribution in [3.63, 3.8) is 0 Å². The van der Waals surface area contributed by atoms with Crippen LogP contribution >= 0.6 is 0 Å². The van der Waals surface area contributed by atoms with Gasteiger partial charge in [0.1, 0.15) is 0 Å². The summed E-state index contributed by atoms with van der Waals surface area (Å²) in [5.74, 6) is -0.651. The van der Waals surface area contributed by atoms with Crippen molar-refractivity contribution in [3.05, 3.63) is 65.5 Å². The third kappa shape index (κ3) is 5.20. The van der Waals surface area contributed by atoms with Gasteiger partial charge in [-0.15, -0.1) is 0 Å². The standard InChI is InChI=1S/C19H22FN3O3/c1-12(14-8-9-17(26-2)15(20)10-14)22-18(24)11-16(23-19(21)25)13-6-4-3-5-7-13/h3-10,12,16H,11H2,1-2H3,(H,22,24)(H3,21,23,25)/t12-,16-/m0/s1. The van der Waals surface area contributed by atoms with Crippen LogP contribution < -0.4 is 21.1 Å². The summed E-state index contributed by atoms with van der Waals surface area (Å²) in [5.41, 5.74) is 6.58. The van der Waals surface area contributed by atoms with Crippen LogP contribution in [0.4, 0.5) is 9.18 Å². The van der Waals surface area contributed by atoms with Gasteiger partial charge < -0.3 is 21.1 Å². The Kier molecular flexibility index (Phi) is 6.54. The largest absolute Gasteiger partial charge is 0.494 e. The Morgan fingerprint density at radius 2 is 1.81 bits per heavy atom. The number of carbonyl (C=O) groups is 2. The number of rotatable bonds is 7. The molecular weight excluding hydrogens is 337 g/mol. The first-order chi connectivity index (χ1) is 12.4. The summed E-state index contributed by atoms with van der Waals surface area (Å²) >= 11 is 0. The zero-order valence-corrected chi connectivity index (χ0v) is 14.7. The molecule has 0 fully saturated rings. The highest BCUT2D eigenvalue weighted by Crippen LogP contribution is 2.22. The fourth-order valence-electron chi connectivity index (χ4n) is 2.63. The highest BCUT2D eigenvalue weighted by atomic mass is 19.1. The van der Waals surface area contributed by atoms with Crippen molar-refractivity contribution in [2.75, 3.05) is 7.11 Å². The Bertz CT molecular complexity index is 768. The maximum atomic E-state index is 13.8. The minimum Gasteiger partial charge on any atom is -0.494 e. The van der Waals surface area contributed by atoms with E-state index in [2.05, 4.69) is 10.6 Å². The molecule has 0 aliphatic heterocycles. The first-order valence-corrected chi connectivity index (χ1v) is 8.14. The van der Waals surface area contributed by atoms with E-state index in [-0.39, 0.29) is 18.1 Å². The van der Waals surface area contributed by atoms with Gasteiger partial charge in [-0.1, -0.05) is 36.4 Å². The number of benzene rings is 2. The van der Waals surface area contributed by atoms with Crippen LogP contribution in [0.15, 0.2) is 48.5 Å². The molecule has 0 radical (unpaired) electrons. The molecule has 7 heteroatoms. The lowest BCUT2D eigenvalue weighted by molar-refractivity contribution is -0.122. The number of nitrogens with one attached hydrogen (secondary N) is 2. The highest BCUT2D eigenvalue weighted by Gasteiger charge is 2.19. The molecule has 0 saturated carbocycles. The predicted molar refractivity (Wildman–Crippen MR) is 96.0 cm³/mol. The topological polar surface area (TPSA) is 93.4 Å². The molecular formula is C19H22FN3O3. The number of hydrogen-bond acceptors (Lipinski definition) is 3. The summed E-state index contributed by atoms with van der Waals surface area (Å²) in [6.45, 7) is 1.75. The number of amides is 3. The van der Waals surface area contributed by atoms with E-state index < -0.39 is 23.9 Å². The van der Waals surface area contributed by atoms with Crippen LogP contribution in [0.25, 0.3) is 0 Å². The van der Waals surface area contributed by atoms with Crippen LogP contribution in [-0.2, 0) is 4.79 Å². The third-order valence-corrected chi connectivity index (χ3v) is 3.96. The average Bonchev–Trinajstić information content (AvgIpc) is 2.61. The molecule has 0 spiro atoms. The smallest absolute Gasteiger partial charge is 0.312 e. The van der Waals surface area contributed by atoms with Crippen molar-refractivity contribution in [1.82, 2.24) is 10.6 Å². The Morgan fingerprint density at radius 1 is 1.12 bits per heavy atom. The molecule has 0 aliphatic rings. The quantitative estimate of drug-likeness (QED) is 0.710. The Balaban J connectivity index is 2.05. The van der Waals surface area contributed by atoms with Gasteiger partial charge in [0, 0.05) is 0 Å². The van der Waals surface area contributed by atoms with E-state index >= 15 is 0 Å². The van der Waals surface area contributed by atoms with E-state index in [1.165, 1.54) is 19.2 Å². The number of carbonyl (C=O) groups excluding carboxylic acids is 2. The maximum absolute atomic E-state index is 13.8. The fraction of sp³-hybridized carbons (Fsp3) is 0.263. The zero-order valence-electron chi connectivity index (χ0n) is 14.7. The van der Waals surface area contributed by atoms with Gasteiger partial charge >= 0.3 is 6.03 Å². The van der Waals surface area contributed by atoms with Crippen molar-refractivity contribution in [1.29, 1.82) is 0 Å². The SMILES string of the molecule is COc1ccc([C@H](C)NC(=O)C[C@H](NC(N)=O)c2ccccc2)cc1F. The molecule has 2 aromatic rings. The molecule has 0 unspecified atom stereocenters. The Hall–Kier alpha value is -3.09. The first-order valence-electron chi connectivity index (χ1n) is 8.14. The fourth-order valence-corrected chi connectivity index (χ4v) is 2.63. The number of ether oxygens (including phenoxy) is 1. The van der Waals surface area contributed by atoms with Crippen molar-refractivity contribution < 1.29 is 18.7 Å². The predicted octanol–water partition coefficient (Wildman–Crippen LogP) is 2.81. The minimum atomic E-state index is -0.711. The molecule has 2 rings (SSSR count). The van der Waals surface area contributed by atoms with Crippen molar-refractivity contribution in [2.45, 2.75) is 25.4 Å². The summed E-state index contributed by atoms with van der Waals surface area (Å²) < 4.78 is 18.7. The molecule has 6 nitrogen and oxygen atoms in total. The molecule has 0 aromatic heterocycles. The zero-order chi connectivity index (χ0) is 19.1. The summed E-state index contributed by atoms with van der Waals surface area (Å²) in [6, 6.07) is 11.9. The Labute approximate surface area is 151 Å². The van der Waals surface area contributed by atoms with Gasteiger partial charge in [0.25, 0.3) is 0 Å². The van der Waals surface area contributed by atoms with Crippen molar-refractivity contribution in [3.8, 4) is 5.75 Å². The van der Waals surface area contributed by atoms with Gasteiger partial charge in [0.2, 0.25) is 5.91 Å². The first kappa shape index (κ1) is 19.2. The molecule has 4 N–H and O–H groups in total. The van der Waals surface area contributed by atoms with Crippen molar-refractivity contribution >= 4 is 11.9 Å². The van der Waals surface area contributed by atoms with Gasteiger partial charge in [-0.05, 0) is 30.2 Å². The van der Waals surface area contributed by atoms with Crippen LogP contribution in [0.3, 0.4) is 0 Å². The second-order valence-electron chi connectivity index (χ2n) is 5.86. The van der Waals surface area contributed by atoms with Gasteiger partial charge in [-0.3, -0.25) is 4.79 Å².